The van der Waals surface area contributed by atoms with E-state index in [0.717, 1.165) is 16.9 Å². The van der Waals surface area contributed by atoms with E-state index < -0.39 is 0 Å². The Morgan fingerprint density at radius 2 is 1.65 bits per heavy atom. The summed E-state index contributed by atoms with van der Waals surface area (Å²) in [6.07, 6.45) is -0.168. The van der Waals surface area contributed by atoms with E-state index in [9.17, 15) is 9.59 Å². The molecule has 3 heterocycles. The van der Waals surface area contributed by atoms with Gasteiger partial charge in [0.1, 0.15) is 11.9 Å². The Bertz CT molecular complexity index is 1200. The molecule has 0 N–H and O–H groups in total. The van der Waals surface area contributed by atoms with Crippen molar-refractivity contribution < 1.29 is 19.1 Å². The number of nitrogens with zero attached hydrogens (tertiary/aromatic N) is 5. The van der Waals surface area contributed by atoms with Crippen LogP contribution in [0.2, 0.25) is 0 Å². The lowest BCUT2D eigenvalue weighted by atomic mass is 10.1. The molecule has 3 aromatic rings. The molecule has 0 spiro atoms. The van der Waals surface area contributed by atoms with Crippen molar-refractivity contribution in [3.05, 3.63) is 76.6 Å². The highest BCUT2D eigenvalue weighted by Crippen LogP contribution is 2.28. The van der Waals surface area contributed by atoms with Gasteiger partial charge in [0.2, 0.25) is 0 Å². The summed E-state index contributed by atoms with van der Waals surface area (Å²) in [6, 6.07) is 15.3. The second-order valence-electron chi connectivity index (χ2n) is 8.54. The third kappa shape index (κ3) is 4.14. The number of amides is 2. The predicted molar refractivity (Wildman–Crippen MR) is 124 cm³/mol. The average molecular weight is 462 g/mol. The maximum Gasteiger partial charge on any atom is 0.276 e. The van der Waals surface area contributed by atoms with E-state index in [0.29, 0.717) is 49.7 Å². The molecule has 1 saturated heterocycles. The van der Waals surface area contributed by atoms with Gasteiger partial charge in [0, 0.05) is 31.7 Å². The fourth-order valence-corrected chi connectivity index (χ4v) is 4.44. The molecular weight excluding hydrogens is 434 g/mol. The van der Waals surface area contributed by atoms with Crippen molar-refractivity contribution in [2.75, 3.05) is 33.3 Å². The van der Waals surface area contributed by atoms with Gasteiger partial charge in [-0.05, 0) is 36.2 Å². The first-order chi connectivity index (χ1) is 16.5. The number of rotatable bonds is 4. The molecular formula is C25H27N5O4. The van der Waals surface area contributed by atoms with Gasteiger partial charge in [-0.1, -0.05) is 35.5 Å². The van der Waals surface area contributed by atoms with Crippen LogP contribution in [0.3, 0.4) is 0 Å². The number of benzene rings is 2. The first-order valence-corrected chi connectivity index (χ1v) is 11.4. The molecule has 2 aromatic carbocycles. The second-order valence-corrected chi connectivity index (χ2v) is 8.54. The van der Waals surface area contributed by atoms with Gasteiger partial charge in [-0.25, -0.2) is 4.68 Å². The number of ether oxygens (including phenoxy) is 2. The average Bonchev–Trinajstić information content (AvgIpc) is 3.31. The van der Waals surface area contributed by atoms with Gasteiger partial charge in [-0.15, -0.1) is 5.10 Å². The van der Waals surface area contributed by atoms with Gasteiger partial charge >= 0.3 is 0 Å². The Morgan fingerprint density at radius 1 is 0.971 bits per heavy atom. The topological polar surface area (TPSA) is 89.8 Å². The minimum absolute atomic E-state index is 0.00390. The zero-order chi connectivity index (χ0) is 23.7. The monoisotopic (exact) mass is 461 g/mol. The van der Waals surface area contributed by atoms with Gasteiger partial charge in [0.05, 0.1) is 26.0 Å². The number of carbonyl (C=O) groups excluding carboxylic acids is 2. The zero-order valence-electron chi connectivity index (χ0n) is 19.3. The highest BCUT2D eigenvalue weighted by molar-refractivity contribution is 5.96. The molecule has 2 aliphatic rings. The molecule has 2 amide bonds. The smallest absolute Gasteiger partial charge is 0.276 e. The quantitative estimate of drug-likeness (QED) is 0.593. The van der Waals surface area contributed by atoms with Crippen LogP contribution in [-0.2, 0) is 17.9 Å². The molecule has 2 aliphatic heterocycles. The van der Waals surface area contributed by atoms with Crippen LogP contribution in [0.25, 0.3) is 0 Å². The van der Waals surface area contributed by atoms with E-state index in [1.54, 1.807) is 21.6 Å². The molecule has 0 radical (unpaired) electrons. The Kier molecular flexibility index (Phi) is 6.02. The van der Waals surface area contributed by atoms with Gasteiger partial charge in [0.15, 0.2) is 5.69 Å². The van der Waals surface area contributed by atoms with Crippen molar-refractivity contribution in [3.63, 3.8) is 0 Å². The number of hydrogen-bond acceptors (Lipinski definition) is 6. The van der Waals surface area contributed by atoms with E-state index in [1.165, 1.54) is 0 Å². The highest BCUT2D eigenvalue weighted by Gasteiger charge is 2.32. The van der Waals surface area contributed by atoms with E-state index in [-0.39, 0.29) is 24.5 Å². The Balaban J connectivity index is 1.23. The summed E-state index contributed by atoms with van der Waals surface area (Å²) in [5, 5.41) is 8.41. The van der Waals surface area contributed by atoms with Crippen molar-refractivity contribution in [2.24, 2.45) is 0 Å². The van der Waals surface area contributed by atoms with Crippen LogP contribution < -0.4 is 4.74 Å². The van der Waals surface area contributed by atoms with Gasteiger partial charge in [-0.3, -0.25) is 9.59 Å². The zero-order valence-corrected chi connectivity index (χ0v) is 19.3. The molecule has 1 fully saturated rings. The summed E-state index contributed by atoms with van der Waals surface area (Å²) < 4.78 is 13.0. The minimum atomic E-state index is -0.171. The Hall–Kier alpha value is -3.72. The molecule has 1 atom stereocenters. The Labute approximate surface area is 197 Å². The standard InChI is InChI=1S/C25H27N5O4/c1-17-5-3-4-6-20(17)24(31)28-11-13-29(14-12-28)25(32)23-21-16-34-22(15-30(21)27-26-23)18-7-9-19(33-2)10-8-18/h3-10,22H,11-16H2,1-2H3/t22-/m0/s1. The molecule has 0 bridgehead atoms. The van der Waals surface area contributed by atoms with Crippen molar-refractivity contribution in [1.29, 1.82) is 0 Å². The minimum Gasteiger partial charge on any atom is -0.497 e. The normalized spacial score (nSPS) is 17.9. The maximum atomic E-state index is 13.2. The van der Waals surface area contributed by atoms with Gasteiger partial charge in [-0.2, -0.15) is 0 Å². The highest BCUT2D eigenvalue weighted by atomic mass is 16.5. The lowest BCUT2D eigenvalue weighted by molar-refractivity contribution is -0.00204. The van der Waals surface area contributed by atoms with Gasteiger partial charge in [0.25, 0.3) is 11.8 Å². The molecule has 1 aromatic heterocycles. The largest absolute Gasteiger partial charge is 0.497 e. The summed E-state index contributed by atoms with van der Waals surface area (Å²) in [5.41, 5.74) is 3.69. The fraction of sp³-hybridized carbons (Fsp3) is 0.360. The van der Waals surface area contributed by atoms with Crippen LogP contribution >= 0.6 is 0 Å². The van der Waals surface area contributed by atoms with Crippen LogP contribution in [0.1, 0.15) is 43.8 Å². The Morgan fingerprint density at radius 3 is 2.32 bits per heavy atom. The molecule has 5 rings (SSSR count). The van der Waals surface area contributed by atoms with Crippen LogP contribution in [0.15, 0.2) is 48.5 Å². The van der Waals surface area contributed by atoms with E-state index in [4.69, 9.17) is 9.47 Å². The van der Waals surface area contributed by atoms with E-state index in [2.05, 4.69) is 10.3 Å². The number of fused-ring (bicyclic) bond motifs is 1. The first-order valence-electron chi connectivity index (χ1n) is 11.4. The first kappa shape index (κ1) is 22.1. The van der Waals surface area contributed by atoms with Crippen LogP contribution in [0.5, 0.6) is 5.75 Å². The van der Waals surface area contributed by atoms with Crippen molar-refractivity contribution in [1.82, 2.24) is 24.8 Å². The number of aromatic nitrogens is 3. The van der Waals surface area contributed by atoms with Crippen LogP contribution in [0.4, 0.5) is 0 Å². The predicted octanol–water partition coefficient (Wildman–Crippen LogP) is 2.46. The second kappa shape index (κ2) is 9.26. The number of carbonyl (C=O) groups is 2. The van der Waals surface area contributed by atoms with Crippen molar-refractivity contribution in [3.8, 4) is 5.75 Å². The third-order valence-electron chi connectivity index (χ3n) is 6.52. The fourth-order valence-electron chi connectivity index (χ4n) is 4.44. The van der Waals surface area contributed by atoms with E-state index >= 15 is 0 Å². The number of aryl methyl sites for hydroxylation is 1. The summed E-state index contributed by atoms with van der Waals surface area (Å²) >= 11 is 0. The van der Waals surface area contributed by atoms with Crippen LogP contribution in [0, 0.1) is 6.92 Å². The molecule has 9 heteroatoms. The summed E-state index contributed by atoms with van der Waals surface area (Å²) in [5.74, 6) is 0.620. The molecule has 0 saturated carbocycles. The van der Waals surface area contributed by atoms with E-state index in [1.807, 2.05) is 55.5 Å². The molecule has 176 valence electrons. The summed E-state index contributed by atoms with van der Waals surface area (Å²) in [7, 11) is 1.63. The molecule has 0 aliphatic carbocycles. The van der Waals surface area contributed by atoms with Crippen LogP contribution in [-0.4, -0.2) is 69.9 Å². The summed E-state index contributed by atoms with van der Waals surface area (Å²) in [4.78, 5) is 29.6. The SMILES string of the molecule is COc1ccc([C@@H]2Cn3nnc(C(=O)N4CCN(C(=O)c5ccccc5C)CC4)c3CO2)cc1. The van der Waals surface area contributed by atoms with Crippen molar-refractivity contribution in [2.45, 2.75) is 26.2 Å². The number of hydrogen-bond donors (Lipinski definition) is 0. The van der Waals surface area contributed by atoms with Crippen molar-refractivity contribution >= 4 is 11.8 Å². The lowest BCUT2D eigenvalue weighted by Crippen LogP contribution is -2.51. The molecule has 34 heavy (non-hydrogen) atoms. The number of methoxy groups -OCH3 is 1. The van der Waals surface area contributed by atoms with Gasteiger partial charge < -0.3 is 19.3 Å². The third-order valence-corrected chi connectivity index (χ3v) is 6.52. The summed E-state index contributed by atoms with van der Waals surface area (Å²) in [6.45, 7) is 4.56. The number of piperazine rings is 1. The molecule has 9 nitrogen and oxygen atoms in total. The maximum absolute atomic E-state index is 13.2. The lowest BCUT2D eigenvalue weighted by Gasteiger charge is -2.35. The molecule has 0 unspecified atom stereocenters.